The Morgan fingerprint density at radius 3 is 2.58 bits per heavy atom. The molecule has 4 heterocycles. The molecule has 0 atom stereocenters. The van der Waals surface area contributed by atoms with E-state index in [2.05, 4.69) is 51.8 Å². The predicted octanol–water partition coefficient (Wildman–Crippen LogP) is 5.40. The fourth-order valence-corrected chi connectivity index (χ4v) is 4.92. The molecule has 166 valence electrons. The summed E-state index contributed by atoms with van der Waals surface area (Å²) in [7, 11) is 0. The summed E-state index contributed by atoms with van der Waals surface area (Å²) < 4.78 is 10.6. The number of hydrogen-bond donors (Lipinski definition) is 0. The molecule has 8 heteroatoms. The van der Waals surface area contributed by atoms with E-state index in [9.17, 15) is 4.79 Å². The topological polar surface area (TPSA) is 64.7 Å². The standard InChI is InChI=1S/C23H30BrN5O2/c1-6-16-12-25-28-14-17(11-20(24)21(16)28)19-13-26-29(15(19)2)18-7-9-27(10-8-18)22(30)31-23(3,4)5/h11-14,18H,6-10H2,1-5H3. The van der Waals surface area contributed by atoms with Gasteiger partial charge in [-0.3, -0.25) is 4.68 Å². The van der Waals surface area contributed by atoms with Crippen molar-refractivity contribution in [3.05, 3.63) is 40.4 Å². The lowest BCUT2D eigenvalue weighted by Gasteiger charge is -2.33. The lowest BCUT2D eigenvalue weighted by atomic mass is 10.0. The summed E-state index contributed by atoms with van der Waals surface area (Å²) in [6, 6.07) is 2.42. The molecule has 1 aliphatic heterocycles. The molecule has 1 amide bonds. The molecule has 0 bridgehead atoms. The van der Waals surface area contributed by atoms with Gasteiger partial charge < -0.3 is 9.64 Å². The molecule has 1 saturated heterocycles. The first-order valence-corrected chi connectivity index (χ1v) is 11.7. The number of aryl methyl sites for hydroxylation is 1. The van der Waals surface area contributed by atoms with Gasteiger partial charge in [0.15, 0.2) is 0 Å². The number of aromatic nitrogens is 4. The average Bonchev–Trinajstić information content (AvgIpc) is 3.30. The third-order valence-electron chi connectivity index (χ3n) is 5.84. The van der Waals surface area contributed by atoms with E-state index in [0.29, 0.717) is 13.1 Å². The smallest absolute Gasteiger partial charge is 0.410 e. The number of likely N-dealkylation sites (tertiary alicyclic amines) is 1. The number of fused-ring (bicyclic) bond motifs is 1. The normalized spacial score (nSPS) is 15.6. The maximum atomic E-state index is 12.3. The molecule has 0 spiro atoms. The molecule has 31 heavy (non-hydrogen) atoms. The molecule has 1 aliphatic rings. The summed E-state index contributed by atoms with van der Waals surface area (Å²) in [6.07, 6.45) is 8.38. The van der Waals surface area contributed by atoms with E-state index in [-0.39, 0.29) is 12.1 Å². The third kappa shape index (κ3) is 4.35. The van der Waals surface area contributed by atoms with Gasteiger partial charge in [0.25, 0.3) is 0 Å². The van der Waals surface area contributed by atoms with Gasteiger partial charge >= 0.3 is 6.09 Å². The average molecular weight is 488 g/mol. The Kier molecular flexibility index (Phi) is 5.85. The van der Waals surface area contributed by atoms with Gasteiger partial charge in [0.05, 0.1) is 24.0 Å². The van der Waals surface area contributed by atoms with Gasteiger partial charge in [-0.15, -0.1) is 0 Å². The van der Waals surface area contributed by atoms with E-state index in [1.807, 2.05) is 37.7 Å². The maximum absolute atomic E-state index is 12.3. The fourth-order valence-electron chi connectivity index (χ4n) is 4.23. The van der Waals surface area contributed by atoms with Crippen LogP contribution in [0.2, 0.25) is 0 Å². The number of halogens is 1. The summed E-state index contributed by atoms with van der Waals surface area (Å²) in [5.74, 6) is 0. The molecule has 0 unspecified atom stereocenters. The van der Waals surface area contributed by atoms with Crippen molar-refractivity contribution in [2.45, 2.75) is 65.5 Å². The maximum Gasteiger partial charge on any atom is 0.410 e. The monoisotopic (exact) mass is 487 g/mol. The molecule has 7 nitrogen and oxygen atoms in total. The molecule has 4 rings (SSSR count). The molecule has 3 aromatic rings. The Balaban J connectivity index is 1.52. The number of pyridine rings is 1. The lowest BCUT2D eigenvalue weighted by molar-refractivity contribution is 0.0184. The van der Waals surface area contributed by atoms with E-state index < -0.39 is 5.60 Å². The van der Waals surface area contributed by atoms with Crippen molar-refractivity contribution in [3.63, 3.8) is 0 Å². The Morgan fingerprint density at radius 2 is 1.94 bits per heavy atom. The van der Waals surface area contributed by atoms with Gasteiger partial charge in [-0.05, 0) is 74.5 Å². The molecular formula is C23H30BrN5O2. The molecule has 0 aromatic carbocycles. The number of hydrogen-bond acceptors (Lipinski definition) is 4. The molecule has 0 radical (unpaired) electrons. The quantitative estimate of drug-likeness (QED) is 0.495. The summed E-state index contributed by atoms with van der Waals surface area (Å²) in [6.45, 7) is 11.3. The summed E-state index contributed by atoms with van der Waals surface area (Å²) in [4.78, 5) is 14.1. The van der Waals surface area contributed by atoms with Crippen molar-refractivity contribution >= 4 is 27.5 Å². The Morgan fingerprint density at radius 1 is 1.23 bits per heavy atom. The Labute approximate surface area is 191 Å². The number of nitrogens with zero attached hydrogens (tertiary/aromatic N) is 5. The van der Waals surface area contributed by atoms with Gasteiger partial charge in [-0.1, -0.05) is 6.92 Å². The lowest BCUT2D eigenvalue weighted by Crippen LogP contribution is -2.42. The van der Waals surface area contributed by atoms with Crippen LogP contribution in [0.4, 0.5) is 4.79 Å². The van der Waals surface area contributed by atoms with Crippen molar-refractivity contribution in [2.24, 2.45) is 0 Å². The van der Waals surface area contributed by atoms with Gasteiger partial charge in [-0.25, -0.2) is 9.31 Å². The summed E-state index contributed by atoms with van der Waals surface area (Å²) >= 11 is 3.73. The van der Waals surface area contributed by atoms with Crippen LogP contribution in [0.25, 0.3) is 16.6 Å². The zero-order valence-electron chi connectivity index (χ0n) is 18.9. The largest absolute Gasteiger partial charge is 0.444 e. The first kappa shape index (κ1) is 21.9. The second-order valence-electron chi connectivity index (χ2n) is 9.18. The van der Waals surface area contributed by atoms with Crippen LogP contribution < -0.4 is 0 Å². The highest BCUT2D eigenvalue weighted by Crippen LogP contribution is 2.33. The van der Waals surface area contributed by atoms with E-state index >= 15 is 0 Å². The Bertz CT molecular complexity index is 1100. The van der Waals surface area contributed by atoms with E-state index in [1.54, 1.807) is 4.90 Å². The van der Waals surface area contributed by atoms with Crippen LogP contribution in [0.3, 0.4) is 0 Å². The second-order valence-corrected chi connectivity index (χ2v) is 10.0. The van der Waals surface area contributed by atoms with Crippen LogP contribution in [-0.4, -0.2) is 49.1 Å². The first-order chi connectivity index (χ1) is 14.7. The molecule has 1 fully saturated rings. The fraction of sp³-hybridized carbons (Fsp3) is 0.522. The van der Waals surface area contributed by atoms with E-state index in [0.717, 1.165) is 46.1 Å². The van der Waals surface area contributed by atoms with Gasteiger partial charge in [-0.2, -0.15) is 10.2 Å². The number of rotatable bonds is 3. The van der Waals surface area contributed by atoms with Crippen LogP contribution in [0.1, 0.15) is 57.8 Å². The number of carbonyl (C=O) groups excluding carboxylic acids is 1. The number of carbonyl (C=O) groups is 1. The molecule has 0 saturated carbocycles. The van der Waals surface area contributed by atoms with Crippen LogP contribution in [-0.2, 0) is 11.2 Å². The van der Waals surface area contributed by atoms with Gasteiger partial charge in [0.2, 0.25) is 0 Å². The minimum atomic E-state index is -0.469. The third-order valence-corrected chi connectivity index (χ3v) is 6.44. The summed E-state index contributed by atoms with van der Waals surface area (Å²) in [5.41, 5.74) is 5.19. The Hall–Kier alpha value is -2.35. The first-order valence-electron chi connectivity index (χ1n) is 10.9. The highest BCUT2D eigenvalue weighted by molar-refractivity contribution is 9.10. The highest BCUT2D eigenvalue weighted by atomic mass is 79.9. The number of amides is 1. The second kappa shape index (κ2) is 8.30. The van der Waals surface area contributed by atoms with Crippen molar-refractivity contribution in [1.82, 2.24) is 24.3 Å². The van der Waals surface area contributed by atoms with Crippen molar-refractivity contribution in [2.75, 3.05) is 13.1 Å². The number of piperidine rings is 1. The van der Waals surface area contributed by atoms with Crippen molar-refractivity contribution < 1.29 is 9.53 Å². The minimum Gasteiger partial charge on any atom is -0.444 e. The van der Waals surface area contributed by atoms with E-state index in [1.165, 1.54) is 5.56 Å². The number of ether oxygens (including phenoxy) is 1. The van der Waals surface area contributed by atoms with Gasteiger partial charge in [0, 0.05) is 40.6 Å². The highest BCUT2D eigenvalue weighted by Gasteiger charge is 2.29. The SMILES string of the molecule is CCc1cnn2cc(-c3cnn(C4CCN(C(=O)OC(C)(C)C)CC4)c3C)cc(Br)c12. The van der Waals surface area contributed by atoms with Crippen LogP contribution in [0, 0.1) is 6.92 Å². The van der Waals surface area contributed by atoms with Crippen molar-refractivity contribution in [1.29, 1.82) is 0 Å². The molecule has 0 aliphatic carbocycles. The molecule has 0 N–H and O–H groups in total. The van der Waals surface area contributed by atoms with Crippen molar-refractivity contribution in [3.8, 4) is 11.1 Å². The summed E-state index contributed by atoms with van der Waals surface area (Å²) in [5, 5.41) is 9.24. The predicted molar refractivity (Wildman–Crippen MR) is 124 cm³/mol. The van der Waals surface area contributed by atoms with Crippen LogP contribution in [0.5, 0.6) is 0 Å². The van der Waals surface area contributed by atoms with Crippen LogP contribution >= 0.6 is 15.9 Å². The molecular weight excluding hydrogens is 458 g/mol. The zero-order valence-corrected chi connectivity index (χ0v) is 20.4. The molecule has 3 aromatic heterocycles. The van der Waals surface area contributed by atoms with E-state index in [4.69, 9.17) is 9.84 Å². The zero-order chi connectivity index (χ0) is 22.3. The van der Waals surface area contributed by atoms with Gasteiger partial charge in [0.1, 0.15) is 5.60 Å². The minimum absolute atomic E-state index is 0.229. The van der Waals surface area contributed by atoms with Crippen LogP contribution in [0.15, 0.2) is 29.1 Å².